The molecule has 2 aromatic rings. The monoisotopic (exact) mass is 409 g/mol. The molecule has 28 heavy (non-hydrogen) atoms. The summed E-state index contributed by atoms with van der Waals surface area (Å²) in [5.74, 6) is -0.172. The highest BCUT2D eigenvalue weighted by Gasteiger charge is 2.20. The molecule has 1 aliphatic heterocycles. The highest BCUT2D eigenvalue weighted by Crippen LogP contribution is 2.27. The van der Waals surface area contributed by atoms with Gasteiger partial charge in [-0.3, -0.25) is 4.90 Å². The summed E-state index contributed by atoms with van der Waals surface area (Å²) < 4.78 is 42.8. The molecule has 0 aliphatic carbocycles. The van der Waals surface area contributed by atoms with Crippen LogP contribution in [0.1, 0.15) is 11.1 Å². The van der Waals surface area contributed by atoms with E-state index in [0.29, 0.717) is 23.9 Å². The molecule has 0 aromatic heterocycles. The molecule has 0 bridgehead atoms. The number of anilines is 1. The molecule has 1 fully saturated rings. The van der Waals surface area contributed by atoms with Crippen LogP contribution in [0.5, 0.6) is 5.75 Å². The molecule has 0 unspecified atom stereocenters. The van der Waals surface area contributed by atoms with Crippen LogP contribution in [0.4, 0.5) is 18.9 Å². The summed E-state index contributed by atoms with van der Waals surface area (Å²) in [5.41, 5.74) is 2.40. The van der Waals surface area contributed by atoms with E-state index in [0.717, 1.165) is 30.8 Å². The molecule has 1 saturated heterocycles. The van der Waals surface area contributed by atoms with Gasteiger partial charge in [-0.2, -0.15) is 8.78 Å². The first-order valence-corrected chi connectivity index (χ1v) is 9.40. The molecule has 1 heterocycles. The Labute approximate surface area is 167 Å². The predicted octanol–water partition coefficient (Wildman–Crippen LogP) is 4.25. The van der Waals surface area contributed by atoms with Gasteiger partial charge in [-0.05, 0) is 54.5 Å². The third-order valence-electron chi connectivity index (χ3n) is 4.57. The normalized spacial score (nSPS) is 15.0. The summed E-state index contributed by atoms with van der Waals surface area (Å²) in [6.45, 7) is 2.74. The number of benzene rings is 2. The molecular weight excluding hydrogens is 387 g/mol. The zero-order chi connectivity index (χ0) is 20.1. The van der Waals surface area contributed by atoms with Crippen molar-refractivity contribution in [2.75, 3.05) is 31.5 Å². The third kappa shape index (κ3) is 5.59. The molecule has 0 atom stereocenters. The van der Waals surface area contributed by atoms with E-state index in [1.807, 2.05) is 11.8 Å². The minimum atomic E-state index is -2.90. The molecule has 150 valence electrons. The van der Waals surface area contributed by atoms with Crippen LogP contribution in [0.25, 0.3) is 0 Å². The van der Waals surface area contributed by atoms with Crippen molar-refractivity contribution >= 4 is 23.0 Å². The Morgan fingerprint density at radius 2 is 1.79 bits per heavy atom. The van der Waals surface area contributed by atoms with Crippen LogP contribution in [0.3, 0.4) is 0 Å². The second-order valence-corrected chi connectivity index (χ2v) is 7.08. The van der Waals surface area contributed by atoms with Crippen LogP contribution in [-0.4, -0.2) is 47.7 Å². The van der Waals surface area contributed by atoms with Crippen molar-refractivity contribution in [1.29, 1.82) is 0 Å². The summed E-state index contributed by atoms with van der Waals surface area (Å²) in [6.07, 6.45) is 0. The molecular formula is C20H22F3N3OS. The lowest BCUT2D eigenvalue weighted by Gasteiger charge is -2.36. The lowest BCUT2D eigenvalue weighted by atomic mass is 10.2. The van der Waals surface area contributed by atoms with Gasteiger partial charge >= 0.3 is 6.61 Å². The van der Waals surface area contributed by atoms with Gasteiger partial charge in [0.15, 0.2) is 5.11 Å². The van der Waals surface area contributed by atoms with Crippen molar-refractivity contribution in [2.24, 2.45) is 0 Å². The first kappa shape index (κ1) is 20.4. The topological polar surface area (TPSA) is 27.7 Å². The molecule has 0 radical (unpaired) electrons. The van der Waals surface area contributed by atoms with Crippen molar-refractivity contribution in [1.82, 2.24) is 9.80 Å². The van der Waals surface area contributed by atoms with E-state index in [2.05, 4.69) is 15.0 Å². The quantitative estimate of drug-likeness (QED) is 0.746. The van der Waals surface area contributed by atoms with Crippen molar-refractivity contribution < 1.29 is 17.9 Å². The smallest absolute Gasteiger partial charge is 0.387 e. The van der Waals surface area contributed by atoms with Gasteiger partial charge in [0.05, 0.1) is 5.69 Å². The van der Waals surface area contributed by atoms with Crippen LogP contribution < -0.4 is 10.1 Å². The number of halogens is 3. The molecule has 1 N–H and O–H groups in total. The molecule has 3 rings (SSSR count). The number of ether oxygens (including phenoxy) is 1. The molecule has 4 nitrogen and oxygen atoms in total. The first-order valence-electron chi connectivity index (χ1n) is 8.99. The number of hydrogen-bond donors (Lipinski definition) is 1. The molecule has 8 heteroatoms. The van der Waals surface area contributed by atoms with Gasteiger partial charge in [0.2, 0.25) is 0 Å². The van der Waals surface area contributed by atoms with E-state index in [1.165, 1.54) is 18.2 Å². The average molecular weight is 409 g/mol. The molecule has 1 aliphatic rings. The van der Waals surface area contributed by atoms with Crippen molar-refractivity contribution in [3.63, 3.8) is 0 Å². The maximum Gasteiger partial charge on any atom is 0.387 e. The highest BCUT2D eigenvalue weighted by molar-refractivity contribution is 7.80. The Morgan fingerprint density at radius 1 is 1.11 bits per heavy atom. The zero-order valence-corrected chi connectivity index (χ0v) is 16.3. The summed E-state index contributed by atoms with van der Waals surface area (Å²) in [5, 5.41) is 3.51. The molecule has 2 aromatic carbocycles. The number of nitrogens with zero attached hydrogens (tertiary/aromatic N) is 2. The second-order valence-electron chi connectivity index (χ2n) is 6.70. The summed E-state index contributed by atoms with van der Waals surface area (Å²) in [7, 11) is 0. The number of thiocarbonyl (C=S) groups is 1. The lowest BCUT2D eigenvalue weighted by Crippen LogP contribution is -2.49. The van der Waals surface area contributed by atoms with Gasteiger partial charge in [0.1, 0.15) is 11.6 Å². The van der Waals surface area contributed by atoms with Crippen LogP contribution in [0, 0.1) is 12.7 Å². The SMILES string of the molecule is Cc1ccc(OC(F)F)c(NC(=S)N2CCN(Cc3ccc(F)cc3)CC2)c1. The number of aryl methyl sites for hydroxylation is 1. The van der Waals surface area contributed by atoms with E-state index < -0.39 is 6.61 Å². The Kier molecular flexibility index (Phi) is 6.74. The fourth-order valence-electron chi connectivity index (χ4n) is 3.09. The predicted molar refractivity (Wildman–Crippen MR) is 107 cm³/mol. The largest absolute Gasteiger partial charge is 0.433 e. The van der Waals surface area contributed by atoms with Crippen molar-refractivity contribution in [3.8, 4) is 5.75 Å². The number of piperazine rings is 1. The fraction of sp³-hybridized carbons (Fsp3) is 0.350. The Hall–Kier alpha value is -2.32. The summed E-state index contributed by atoms with van der Waals surface area (Å²) in [4.78, 5) is 4.27. The van der Waals surface area contributed by atoms with E-state index in [9.17, 15) is 13.2 Å². The van der Waals surface area contributed by atoms with Crippen LogP contribution in [0.2, 0.25) is 0 Å². The average Bonchev–Trinajstić information content (AvgIpc) is 2.66. The first-order chi connectivity index (χ1) is 13.4. The van der Waals surface area contributed by atoms with E-state index in [4.69, 9.17) is 12.2 Å². The van der Waals surface area contributed by atoms with Gasteiger partial charge in [-0.15, -0.1) is 0 Å². The van der Waals surface area contributed by atoms with E-state index >= 15 is 0 Å². The number of alkyl halides is 2. The molecule has 0 spiro atoms. The highest BCUT2D eigenvalue weighted by atomic mass is 32.1. The van der Waals surface area contributed by atoms with Gasteiger partial charge in [0.25, 0.3) is 0 Å². The number of hydrogen-bond acceptors (Lipinski definition) is 3. The van der Waals surface area contributed by atoms with Gasteiger partial charge in [-0.25, -0.2) is 4.39 Å². The second kappa shape index (κ2) is 9.25. The van der Waals surface area contributed by atoms with Crippen LogP contribution in [-0.2, 0) is 6.54 Å². The Balaban J connectivity index is 1.55. The van der Waals surface area contributed by atoms with Crippen LogP contribution >= 0.6 is 12.2 Å². The fourth-order valence-corrected chi connectivity index (χ4v) is 3.38. The molecule has 0 amide bonds. The lowest BCUT2D eigenvalue weighted by molar-refractivity contribution is -0.0493. The van der Waals surface area contributed by atoms with Crippen molar-refractivity contribution in [2.45, 2.75) is 20.1 Å². The minimum Gasteiger partial charge on any atom is -0.433 e. The molecule has 0 saturated carbocycles. The minimum absolute atomic E-state index is 0.0675. The van der Waals surface area contributed by atoms with Gasteiger partial charge in [-0.1, -0.05) is 18.2 Å². The Morgan fingerprint density at radius 3 is 2.43 bits per heavy atom. The maximum absolute atomic E-state index is 13.0. The number of rotatable bonds is 5. The van der Waals surface area contributed by atoms with E-state index in [-0.39, 0.29) is 11.6 Å². The summed E-state index contributed by atoms with van der Waals surface area (Å²) in [6, 6.07) is 11.4. The third-order valence-corrected chi connectivity index (χ3v) is 4.93. The van der Waals surface area contributed by atoms with Crippen LogP contribution in [0.15, 0.2) is 42.5 Å². The Bertz CT molecular complexity index is 809. The van der Waals surface area contributed by atoms with E-state index in [1.54, 1.807) is 24.3 Å². The summed E-state index contributed by atoms with van der Waals surface area (Å²) >= 11 is 5.47. The maximum atomic E-state index is 13.0. The van der Waals surface area contributed by atoms with Crippen molar-refractivity contribution in [3.05, 3.63) is 59.4 Å². The van der Waals surface area contributed by atoms with Gasteiger partial charge in [0, 0.05) is 32.7 Å². The zero-order valence-electron chi connectivity index (χ0n) is 15.5. The van der Waals surface area contributed by atoms with Gasteiger partial charge < -0.3 is 15.0 Å². The number of nitrogens with one attached hydrogen (secondary N) is 1. The standard InChI is InChI=1S/C20H22F3N3OS/c1-14-2-7-18(27-19(22)23)17(12-14)24-20(28)26-10-8-25(9-11-26)13-15-3-5-16(21)6-4-15/h2-7,12,19H,8-11,13H2,1H3,(H,24,28).